The highest BCUT2D eigenvalue weighted by Gasteiger charge is 2.03. The predicted octanol–water partition coefficient (Wildman–Crippen LogP) is -0.349. The highest BCUT2D eigenvalue weighted by Crippen LogP contribution is 2.13. The number of carbonyl (C=O) groups is 1. The Labute approximate surface area is 63.9 Å². The molecule has 0 aliphatic rings. The lowest BCUT2D eigenvalue weighted by atomic mass is 10.5. The summed E-state index contributed by atoms with van der Waals surface area (Å²) < 4.78 is 0. The number of anilines is 2. The van der Waals surface area contributed by atoms with E-state index in [4.69, 9.17) is 5.73 Å². The Morgan fingerprint density at radius 2 is 2.45 bits per heavy atom. The number of amides is 1. The number of rotatable bonds is 2. The number of nitrogens with zero attached hydrogens (tertiary/aromatic N) is 3. The van der Waals surface area contributed by atoms with Crippen molar-refractivity contribution in [3.63, 3.8) is 0 Å². The molecule has 1 aromatic rings. The van der Waals surface area contributed by atoms with Gasteiger partial charge in [0.05, 0.1) is 11.9 Å². The van der Waals surface area contributed by atoms with Gasteiger partial charge >= 0.3 is 0 Å². The maximum Gasteiger partial charge on any atom is 0.215 e. The topological polar surface area (TPSA) is 72.1 Å². The van der Waals surface area contributed by atoms with Crippen molar-refractivity contribution < 1.29 is 4.79 Å². The van der Waals surface area contributed by atoms with Crippen LogP contribution >= 0.6 is 0 Å². The fourth-order valence-electron chi connectivity index (χ4n) is 0.679. The highest BCUT2D eigenvalue weighted by atomic mass is 16.1. The monoisotopic (exact) mass is 152 g/mol. The van der Waals surface area contributed by atoms with Crippen LogP contribution in [0.5, 0.6) is 0 Å². The number of aromatic nitrogens is 2. The number of hydrogen-bond donors (Lipinski definition) is 1. The van der Waals surface area contributed by atoms with Crippen molar-refractivity contribution in [2.75, 3.05) is 17.7 Å². The summed E-state index contributed by atoms with van der Waals surface area (Å²) in [5, 5.41) is 0. The molecule has 0 aliphatic heterocycles. The van der Waals surface area contributed by atoms with Gasteiger partial charge in [0.25, 0.3) is 0 Å². The fraction of sp³-hybridized carbons (Fsp3) is 0.167. The number of nitrogens with two attached hydrogens (primary N) is 1. The molecule has 0 atom stereocenters. The zero-order chi connectivity index (χ0) is 8.27. The Hall–Kier alpha value is -1.65. The van der Waals surface area contributed by atoms with Gasteiger partial charge in [0.1, 0.15) is 6.33 Å². The van der Waals surface area contributed by atoms with Crippen molar-refractivity contribution in [1.82, 2.24) is 9.97 Å². The lowest BCUT2D eigenvalue weighted by Crippen LogP contribution is -2.17. The van der Waals surface area contributed by atoms with Crippen LogP contribution in [0.25, 0.3) is 0 Å². The van der Waals surface area contributed by atoms with Crippen LogP contribution in [0.15, 0.2) is 12.5 Å². The average molecular weight is 152 g/mol. The van der Waals surface area contributed by atoms with Gasteiger partial charge in [-0.25, -0.2) is 9.97 Å². The standard InChI is InChI=1S/C6H8N4O/c1-10(4-11)6-5(7)2-8-3-9-6/h2-4H,7H2,1H3. The fourth-order valence-corrected chi connectivity index (χ4v) is 0.679. The Morgan fingerprint density at radius 1 is 1.73 bits per heavy atom. The van der Waals surface area contributed by atoms with Gasteiger partial charge in [-0.15, -0.1) is 0 Å². The maximum absolute atomic E-state index is 10.3. The van der Waals surface area contributed by atoms with Crippen LogP contribution in [0.3, 0.4) is 0 Å². The van der Waals surface area contributed by atoms with E-state index < -0.39 is 0 Å². The number of carbonyl (C=O) groups excluding carboxylic acids is 1. The highest BCUT2D eigenvalue weighted by molar-refractivity contribution is 5.78. The van der Waals surface area contributed by atoms with Gasteiger partial charge in [-0.2, -0.15) is 0 Å². The van der Waals surface area contributed by atoms with Gasteiger partial charge in [-0.3, -0.25) is 4.79 Å². The number of hydrogen-bond acceptors (Lipinski definition) is 4. The predicted molar refractivity (Wildman–Crippen MR) is 40.9 cm³/mol. The minimum absolute atomic E-state index is 0.391. The van der Waals surface area contributed by atoms with Gasteiger partial charge in [0.15, 0.2) is 5.82 Å². The van der Waals surface area contributed by atoms with E-state index in [0.717, 1.165) is 0 Å². The summed E-state index contributed by atoms with van der Waals surface area (Å²) in [6.07, 6.45) is 3.42. The van der Waals surface area contributed by atoms with Crippen molar-refractivity contribution in [2.24, 2.45) is 0 Å². The molecule has 5 nitrogen and oxygen atoms in total. The summed E-state index contributed by atoms with van der Waals surface area (Å²) in [5.74, 6) is 0.426. The van der Waals surface area contributed by atoms with E-state index in [1.54, 1.807) is 7.05 Å². The van der Waals surface area contributed by atoms with Crippen molar-refractivity contribution >= 4 is 17.9 Å². The molecule has 0 fully saturated rings. The Bertz CT molecular complexity index is 263. The smallest absolute Gasteiger partial charge is 0.215 e. The molecule has 0 unspecified atom stereocenters. The lowest BCUT2D eigenvalue weighted by Gasteiger charge is -2.09. The second-order valence-electron chi connectivity index (χ2n) is 2.02. The zero-order valence-corrected chi connectivity index (χ0v) is 6.06. The molecule has 0 radical (unpaired) electrons. The van der Waals surface area contributed by atoms with E-state index in [1.165, 1.54) is 17.4 Å². The van der Waals surface area contributed by atoms with E-state index in [1.807, 2.05) is 0 Å². The van der Waals surface area contributed by atoms with Gasteiger partial charge < -0.3 is 10.6 Å². The molecule has 5 heteroatoms. The normalized spacial score (nSPS) is 9.18. The Kier molecular flexibility index (Phi) is 2.00. The van der Waals surface area contributed by atoms with Gasteiger partial charge in [-0.1, -0.05) is 0 Å². The molecule has 0 saturated heterocycles. The average Bonchev–Trinajstić information content (AvgIpc) is 2.04. The molecule has 1 aromatic heterocycles. The Morgan fingerprint density at radius 3 is 3.00 bits per heavy atom. The SMILES string of the molecule is CN(C=O)c1ncncc1N. The number of nitrogen functional groups attached to an aromatic ring is 1. The molecule has 1 amide bonds. The first-order valence-electron chi connectivity index (χ1n) is 2.99. The van der Waals surface area contributed by atoms with Crippen molar-refractivity contribution in [2.45, 2.75) is 0 Å². The second-order valence-corrected chi connectivity index (χ2v) is 2.02. The third-order valence-corrected chi connectivity index (χ3v) is 1.21. The second kappa shape index (κ2) is 2.96. The van der Waals surface area contributed by atoms with Crippen LogP contribution in [0, 0.1) is 0 Å². The summed E-state index contributed by atoms with van der Waals surface area (Å²) >= 11 is 0. The molecule has 0 bridgehead atoms. The van der Waals surface area contributed by atoms with Crippen molar-refractivity contribution in [3.05, 3.63) is 12.5 Å². The Balaban J connectivity index is 3.02. The van der Waals surface area contributed by atoms with Crippen LogP contribution in [-0.2, 0) is 4.79 Å². The third kappa shape index (κ3) is 1.43. The van der Waals surface area contributed by atoms with Crippen LogP contribution in [0.4, 0.5) is 11.5 Å². The molecule has 0 spiro atoms. The minimum atomic E-state index is 0.391. The van der Waals surface area contributed by atoms with Gasteiger partial charge in [0.2, 0.25) is 6.41 Å². The molecule has 1 heterocycles. The van der Waals surface area contributed by atoms with Crippen LogP contribution in [-0.4, -0.2) is 23.4 Å². The molecule has 0 aliphatic carbocycles. The lowest BCUT2D eigenvalue weighted by molar-refractivity contribution is -0.107. The summed E-state index contributed by atoms with van der Waals surface area (Å²) in [5.41, 5.74) is 5.86. The van der Waals surface area contributed by atoms with Gasteiger partial charge in [-0.05, 0) is 0 Å². The molecule has 11 heavy (non-hydrogen) atoms. The maximum atomic E-state index is 10.3. The molecule has 1 rings (SSSR count). The van der Waals surface area contributed by atoms with Crippen molar-refractivity contribution in [1.29, 1.82) is 0 Å². The summed E-state index contributed by atoms with van der Waals surface area (Å²) in [6, 6.07) is 0. The summed E-state index contributed by atoms with van der Waals surface area (Å²) in [7, 11) is 1.58. The van der Waals surface area contributed by atoms with E-state index in [2.05, 4.69) is 9.97 Å². The van der Waals surface area contributed by atoms with E-state index >= 15 is 0 Å². The largest absolute Gasteiger partial charge is 0.394 e. The molecular formula is C6H8N4O. The first kappa shape index (κ1) is 7.46. The molecule has 0 aromatic carbocycles. The summed E-state index contributed by atoms with van der Waals surface area (Å²) in [4.78, 5) is 19.0. The van der Waals surface area contributed by atoms with E-state index in [9.17, 15) is 4.79 Å². The van der Waals surface area contributed by atoms with Crippen LogP contribution < -0.4 is 10.6 Å². The van der Waals surface area contributed by atoms with Gasteiger partial charge in [0, 0.05) is 7.05 Å². The summed E-state index contributed by atoms with van der Waals surface area (Å²) in [6.45, 7) is 0. The molecule has 0 saturated carbocycles. The van der Waals surface area contributed by atoms with Crippen molar-refractivity contribution in [3.8, 4) is 0 Å². The molecular weight excluding hydrogens is 144 g/mol. The molecule has 2 N–H and O–H groups in total. The zero-order valence-electron chi connectivity index (χ0n) is 6.06. The third-order valence-electron chi connectivity index (χ3n) is 1.21. The van der Waals surface area contributed by atoms with Crippen LogP contribution in [0.1, 0.15) is 0 Å². The minimum Gasteiger partial charge on any atom is -0.394 e. The first-order valence-corrected chi connectivity index (χ1v) is 2.99. The first-order chi connectivity index (χ1) is 5.25. The van der Waals surface area contributed by atoms with Crippen LogP contribution in [0.2, 0.25) is 0 Å². The van der Waals surface area contributed by atoms with E-state index in [-0.39, 0.29) is 0 Å². The molecule has 58 valence electrons. The van der Waals surface area contributed by atoms with E-state index in [0.29, 0.717) is 17.9 Å². The quantitative estimate of drug-likeness (QED) is 0.588.